The first kappa shape index (κ1) is 11.0. The molecule has 0 amide bonds. The highest BCUT2D eigenvalue weighted by Gasteiger charge is 2.09. The monoisotopic (exact) mass is 194 g/mol. The van der Waals surface area contributed by atoms with Crippen LogP contribution in [0.3, 0.4) is 0 Å². The van der Waals surface area contributed by atoms with Crippen LogP contribution in [0.2, 0.25) is 0 Å². The molecule has 0 aromatic heterocycles. The minimum Gasteiger partial charge on any atom is -0.508 e. The summed E-state index contributed by atoms with van der Waals surface area (Å²) in [4.78, 5) is 0. The predicted molar refractivity (Wildman–Crippen MR) is 58.1 cm³/mol. The largest absolute Gasteiger partial charge is 0.508 e. The normalized spacial score (nSPS) is 12.8. The fraction of sp³-hybridized carbons (Fsp3) is 0.455. The van der Waals surface area contributed by atoms with Crippen LogP contribution in [0.5, 0.6) is 5.75 Å². The number of benzene rings is 1. The highest BCUT2D eigenvalue weighted by atomic mass is 16.3. The van der Waals surface area contributed by atoms with Crippen LogP contribution in [0.25, 0.3) is 0 Å². The van der Waals surface area contributed by atoms with Crippen LogP contribution in [0, 0.1) is 6.92 Å². The van der Waals surface area contributed by atoms with Gasteiger partial charge in [0.05, 0.1) is 0 Å². The van der Waals surface area contributed by atoms with E-state index in [1.165, 1.54) is 0 Å². The lowest BCUT2D eigenvalue weighted by Crippen LogP contribution is -2.12. The van der Waals surface area contributed by atoms with Gasteiger partial charge in [-0.1, -0.05) is 12.1 Å². The molecule has 0 aliphatic rings. The summed E-state index contributed by atoms with van der Waals surface area (Å²) in [7, 11) is 0. The third-order valence-corrected chi connectivity index (χ3v) is 2.30. The van der Waals surface area contributed by atoms with Crippen LogP contribution in [0.1, 0.15) is 30.0 Å². The molecule has 0 saturated carbocycles. The van der Waals surface area contributed by atoms with Crippen molar-refractivity contribution in [3.05, 3.63) is 29.3 Å². The average molecular weight is 194 g/mol. The van der Waals surface area contributed by atoms with E-state index >= 15 is 0 Å². The topological polar surface area (TPSA) is 72.3 Å². The zero-order chi connectivity index (χ0) is 10.6. The minimum absolute atomic E-state index is 0.112. The van der Waals surface area contributed by atoms with Crippen LogP contribution in [0.15, 0.2) is 18.2 Å². The van der Waals surface area contributed by atoms with E-state index < -0.39 is 0 Å². The number of aromatic hydroxyl groups is 1. The maximum atomic E-state index is 9.65. The molecule has 3 heteroatoms. The van der Waals surface area contributed by atoms with Crippen molar-refractivity contribution in [3.8, 4) is 5.75 Å². The third-order valence-electron chi connectivity index (χ3n) is 2.30. The van der Waals surface area contributed by atoms with Gasteiger partial charge in [-0.05, 0) is 37.9 Å². The van der Waals surface area contributed by atoms with Crippen molar-refractivity contribution in [2.24, 2.45) is 11.5 Å². The molecule has 0 heterocycles. The fourth-order valence-electron chi connectivity index (χ4n) is 1.46. The van der Waals surface area contributed by atoms with Gasteiger partial charge < -0.3 is 16.6 Å². The predicted octanol–water partition coefficient (Wildman–Crippen LogP) is 1.44. The van der Waals surface area contributed by atoms with E-state index in [1.807, 2.05) is 19.1 Å². The number of aryl methyl sites for hydroxylation is 1. The molecule has 78 valence electrons. The van der Waals surface area contributed by atoms with Gasteiger partial charge in [-0.15, -0.1) is 0 Å². The second-order valence-corrected chi connectivity index (χ2v) is 3.60. The van der Waals surface area contributed by atoms with Crippen molar-refractivity contribution in [2.45, 2.75) is 25.8 Å². The molecule has 1 aromatic carbocycles. The van der Waals surface area contributed by atoms with E-state index in [9.17, 15) is 5.11 Å². The second-order valence-electron chi connectivity index (χ2n) is 3.60. The average Bonchev–Trinajstić information content (AvgIpc) is 2.14. The summed E-state index contributed by atoms with van der Waals surface area (Å²) in [5, 5.41) is 9.65. The molecule has 0 spiro atoms. The number of rotatable bonds is 4. The minimum atomic E-state index is -0.112. The first-order valence-corrected chi connectivity index (χ1v) is 4.90. The summed E-state index contributed by atoms with van der Waals surface area (Å²) < 4.78 is 0. The van der Waals surface area contributed by atoms with E-state index in [2.05, 4.69) is 0 Å². The Labute approximate surface area is 84.7 Å². The smallest absolute Gasteiger partial charge is 0.120 e. The van der Waals surface area contributed by atoms with Gasteiger partial charge in [-0.3, -0.25) is 0 Å². The van der Waals surface area contributed by atoms with Gasteiger partial charge in [0.1, 0.15) is 5.75 Å². The molecule has 1 atom stereocenters. The molecule has 0 aliphatic heterocycles. The first-order valence-electron chi connectivity index (χ1n) is 4.90. The van der Waals surface area contributed by atoms with Crippen LogP contribution >= 0.6 is 0 Å². The summed E-state index contributed by atoms with van der Waals surface area (Å²) in [5.41, 5.74) is 13.2. The van der Waals surface area contributed by atoms with Crippen LogP contribution < -0.4 is 11.5 Å². The van der Waals surface area contributed by atoms with Gasteiger partial charge in [0.2, 0.25) is 0 Å². The van der Waals surface area contributed by atoms with Gasteiger partial charge in [0, 0.05) is 11.6 Å². The van der Waals surface area contributed by atoms with Crippen LogP contribution in [-0.4, -0.2) is 11.7 Å². The van der Waals surface area contributed by atoms with E-state index in [4.69, 9.17) is 11.5 Å². The van der Waals surface area contributed by atoms with Gasteiger partial charge in [-0.2, -0.15) is 0 Å². The molecular formula is C11H18N2O. The van der Waals surface area contributed by atoms with Gasteiger partial charge >= 0.3 is 0 Å². The second kappa shape index (κ2) is 4.98. The van der Waals surface area contributed by atoms with E-state index in [0.717, 1.165) is 24.0 Å². The third kappa shape index (κ3) is 2.72. The maximum absolute atomic E-state index is 9.65. The van der Waals surface area contributed by atoms with Crippen LogP contribution in [0.4, 0.5) is 0 Å². The standard InChI is InChI=1S/C11H18N2O/c1-8-4-5-9(11(14)7-8)10(13)3-2-6-12/h4-5,7,10,14H,2-3,6,12-13H2,1H3/t10-/m1/s1. The molecule has 1 rings (SSSR count). The van der Waals surface area contributed by atoms with Crippen molar-refractivity contribution >= 4 is 0 Å². The van der Waals surface area contributed by atoms with Crippen molar-refractivity contribution in [2.75, 3.05) is 6.54 Å². The van der Waals surface area contributed by atoms with Gasteiger partial charge in [0.15, 0.2) is 0 Å². The Morgan fingerprint density at radius 2 is 2.14 bits per heavy atom. The number of hydrogen-bond donors (Lipinski definition) is 3. The van der Waals surface area contributed by atoms with Crippen molar-refractivity contribution < 1.29 is 5.11 Å². The summed E-state index contributed by atoms with van der Waals surface area (Å²) in [6.07, 6.45) is 1.70. The highest BCUT2D eigenvalue weighted by molar-refractivity contribution is 5.37. The Hall–Kier alpha value is -1.06. The summed E-state index contributed by atoms with van der Waals surface area (Å²) >= 11 is 0. The number of nitrogens with two attached hydrogens (primary N) is 2. The molecule has 0 bridgehead atoms. The number of phenols is 1. The van der Waals surface area contributed by atoms with E-state index in [-0.39, 0.29) is 11.8 Å². The summed E-state index contributed by atoms with van der Waals surface area (Å²) in [6, 6.07) is 5.46. The zero-order valence-corrected chi connectivity index (χ0v) is 8.53. The Morgan fingerprint density at radius 3 is 2.71 bits per heavy atom. The Morgan fingerprint density at radius 1 is 1.43 bits per heavy atom. The fourth-order valence-corrected chi connectivity index (χ4v) is 1.46. The Bertz CT molecular complexity index is 299. The Balaban J connectivity index is 2.74. The highest BCUT2D eigenvalue weighted by Crippen LogP contribution is 2.26. The molecule has 5 N–H and O–H groups in total. The molecule has 0 unspecified atom stereocenters. The number of hydrogen-bond acceptors (Lipinski definition) is 3. The molecule has 14 heavy (non-hydrogen) atoms. The lowest BCUT2D eigenvalue weighted by atomic mass is 10.0. The summed E-state index contributed by atoms with van der Waals surface area (Å²) in [6.45, 7) is 2.58. The number of phenolic OH excluding ortho intramolecular Hbond substituents is 1. The van der Waals surface area contributed by atoms with E-state index in [0.29, 0.717) is 6.54 Å². The SMILES string of the molecule is Cc1ccc([C@H](N)CCCN)c(O)c1. The maximum Gasteiger partial charge on any atom is 0.120 e. The molecular weight excluding hydrogens is 176 g/mol. The molecule has 1 aromatic rings. The summed E-state index contributed by atoms with van der Waals surface area (Å²) in [5.74, 6) is 0.287. The Kier molecular flexibility index (Phi) is 3.92. The lowest BCUT2D eigenvalue weighted by Gasteiger charge is -2.13. The van der Waals surface area contributed by atoms with Crippen molar-refractivity contribution in [3.63, 3.8) is 0 Å². The van der Waals surface area contributed by atoms with Crippen molar-refractivity contribution in [1.29, 1.82) is 0 Å². The molecule has 0 aliphatic carbocycles. The zero-order valence-electron chi connectivity index (χ0n) is 8.53. The van der Waals surface area contributed by atoms with Gasteiger partial charge in [0.25, 0.3) is 0 Å². The quantitative estimate of drug-likeness (QED) is 0.679. The first-order chi connectivity index (χ1) is 6.65. The van der Waals surface area contributed by atoms with Gasteiger partial charge in [-0.25, -0.2) is 0 Å². The van der Waals surface area contributed by atoms with E-state index in [1.54, 1.807) is 6.07 Å². The van der Waals surface area contributed by atoms with Crippen LogP contribution in [-0.2, 0) is 0 Å². The van der Waals surface area contributed by atoms with Crippen molar-refractivity contribution in [1.82, 2.24) is 0 Å². The molecule has 0 radical (unpaired) electrons. The molecule has 0 saturated heterocycles. The molecule has 0 fully saturated rings. The molecule has 3 nitrogen and oxygen atoms in total. The lowest BCUT2D eigenvalue weighted by molar-refractivity contribution is 0.457.